The summed E-state index contributed by atoms with van der Waals surface area (Å²) in [6.07, 6.45) is 2.33. The lowest BCUT2D eigenvalue weighted by Crippen LogP contribution is -1.86. The second-order valence-corrected chi connectivity index (χ2v) is 3.79. The molecular weight excluding hydrogens is 235 g/mol. The first kappa shape index (κ1) is 12.1. The summed E-state index contributed by atoms with van der Waals surface area (Å²) in [6, 6.07) is 8.06. The Bertz CT molecular complexity index is 611. The lowest BCUT2D eigenvalue weighted by Gasteiger charge is -2.02. The van der Waals surface area contributed by atoms with E-state index in [1.54, 1.807) is 31.2 Å². The summed E-state index contributed by atoms with van der Waals surface area (Å²) < 4.78 is 18.8. The van der Waals surface area contributed by atoms with Gasteiger partial charge in [0, 0.05) is 11.6 Å². The van der Waals surface area contributed by atoms with Crippen LogP contribution in [-0.2, 0) is 4.79 Å². The van der Waals surface area contributed by atoms with Crippen molar-refractivity contribution in [1.29, 1.82) is 0 Å². The smallest absolute Gasteiger partial charge is 0.328 e. The van der Waals surface area contributed by atoms with E-state index in [1.165, 1.54) is 12.1 Å². The summed E-state index contributed by atoms with van der Waals surface area (Å²) in [6.45, 7) is 1.67. The summed E-state index contributed by atoms with van der Waals surface area (Å²) in [7, 11) is 0. The van der Waals surface area contributed by atoms with Crippen LogP contribution in [0.4, 0.5) is 4.39 Å². The van der Waals surface area contributed by atoms with Gasteiger partial charge in [0.15, 0.2) is 0 Å². The maximum Gasteiger partial charge on any atom is 0.328 e. The van der Waals surface area contributed by atoms with Gasteiger partial charge in [-0.05, 0) is 36.8 Å². The van der Waals surface area contributed by atoms with Crippen LogP contribution < -0.4 is 0 Å². The van der Waals surface area contributed by atoms with E-state index < -0.39 is 5.97 Å². The minimum Gasteiger partial charge on any atom is -0.478 e. The van der Waals surface area contributed by atoms with Gasteiger partial charge in [0.25, 0.3) is 0 Å². The van der Waals surface area contributed by atoms with Crippen molar-refractivity contribution in [2.75, 3.05) is 0 Å². The van der Waals surface area contributed by atoms with E-state index in [0.29, 0.717) is 22.6 Å². The number of rotatable bonds is 3. The zero-order valence-electron chi connectivity index (χ0n) is 9.68. The Morgan fingerprint density at radius 3 is 2.83 bits per heavy atom. The number of carboxylic acids is 1. The molecule has 0 aliphatic rings. The summed E-state index contributed by atoms with van der Waals surface area (Å²) >= 11 is 0. The van der Waals surface area contributed by atoms with Gasteiger partial charge in [0.1, 0.15) is 17.3 Å². The molecule has 1 aromatic carbocycles. The molecule has 0 bridgehead atoms. The van der Waals surface area contributed by atoms with E-state index in [1.807, 2.05) is 0 Å². The number of benzene rings is 1. The maximum absolute atomic E-state index is 13.4. The molecule has 4 heteroatoms. The Kier molecular flexibility index (Phi) is 3.28. The van der Waals surface area contributed by atoms with Crippen molar-refractivity contribution in [2.45, 2.75) is 6.92 Å². The molecule has 1 aromatic heterocycles. The molecule has 0 aliphatic heterocycles. The second-order valence-electron chi connectivity index (χ2n) is 3.79. The quantitative estimate of drug-likeness (QED) is 0.843. The second kappa shape index (κ2) is 4.87. The third-order valence-corrected chi connectivity index (χ3v) is 2.55. The first-order chi connectivity index (χ1) is 8.58. The molecule has 0 fully saturated rings. The van der Waals surface area contributed by atoms with Gasteiger partial charge in [-0.25, -0.2) is 9.18 Å². The van der Waals surface area contributed by atoms with Crippen LogP contribution in [0.25, 0.3) is 17.4 Å². The van der Waals surface area contributed by atoms with Gasteiger partial charge < -0.3 is 9.52 Å². The number of aliphatic carboxylic acids is 1. The highest BCUT2D eigenvalue weighted by molar-refractivity contribution is 5.84. The molecule has 2 rings (SSSR count). The standard InChI is InChI=1S/C14H11FO3/c1-9-11(3-2-4-12(9)15)13-7-5-10(18-13)6-8-14(16)17/h2-8H,1H3,(H,16,17). The highest BCUT2D eigenvalue weighted by atomic mass is 19.1. The molecule has 92 valence electrons. The molecule has 2 aromatic rings. The van der Waals surface area contributed by atoms with Gasteiger partial charge in [-0.2, -0.15) is 0 Å². The largest absolute Gasteiger partial charge is 0.478 e. The lowest BCUT2D eigenvalue weighted by molar-refractivity contribution is -0.131. The normalized spacial score (nSPS) is 11.0. The third-order valence-electron chi connectivity index (χ3n) is 2.55. The molecule has 0 saturated carbocycles. The molecule has 0 amide bonds. The van der Waals surface area contributed by atoms with E-state index in [0.717, 1.165) is 6.08 Å². The Hall–Kier alpha value is -2.36. The molecule has 0 spiro atoms. The van der Waals surface area contributed by atoms with Crippen molar-refractivity contribution >= 4 is 12.0 Å². The van der Waals surface area contributed by atoms with E-state index in [-0.39, 0.29) is 5.82 Å². The van der Waals surface area contributed by atoms with E-state index in [4.69, 9.17) is 9.52 Å². The highest BCUT2D eigenvalue weighted by Gasteiger charge is 2.09. The molecular formula is C14H11FO3. The van der Waals surface area contributed by atoms with E-state index in [2.05, 4.69) is 0 Å². The van der Waals surface area contributed by atoms with Crippen molar-refractivity contribution in [3.05, 3.63) is 53.5 Å². The fraction of sp³-hybridized carbons (Fsp3) is 0.0714. The molecule has 18 heavy (non-hydrogen) atoms. The molecule has 0 radical (unpaired) electrons. The van der Waals surface area contributed by atoms with Crippen molar-refractivity contribution in [2.24, 2.45) is 0 Å². The van der Waals surface area contributed by atoms with Gasteiger partial charge in [-0.1, -0.05) is 12.1 Å². The molecule has 0 atom stereocenters. The van der Waals surface area contributed by atoms with Gasteiger partial charge in [0.2, 0.25) is 0 Å². The topological polar surface area (TPSA) is 50.4 Å². The first-order valence-electron chi connectivity index (χ1n) is 5.34. The monoisotopic (exact) mass is 246 g/mol. The van der Waals surface area contributed by atoms with Gasteiger partial charge in [-0.15, -0.1) is 0 Å². The number of carboxylic acid groups (broad SMARTS) is 1. The Balaban J connectivity index is 2.35. The van der Waals surface area contributed by atoms with E-state index in [9.17, 15) is 9.18 Å². The van der Waals surface area contributed by atoms with Crippen molar-refractivity contribution < 1.29 is 18.7 Å². The molecule has 1 heterocycles. The highest BCUT2D eigenvalue weighted by Crippen LogP contribution is 2.27. The summed E-state index contributed by atoms with van der Waals surface area (Å²) in [5.41, 5.74) is 1.16. The zero-order chi connectivity index (χ0) is 13.1. The van der Waals surface area contributed by atoms with Crippen molar-refractivity contribution in [1.82, 2.24) is 0 Å². The van der Waals surface area contributed by atoms with Crippen molar-refractivity contribution in [3.8, 4) is 11.3 Å². The molecule has 0 saturated heterocycles. The molecule has 0 aliphatic carbocycles. The number of hydrogen-bond acceptors (Lipinski definition) is 2. The van der Waals surface area contributed by atoms with Crippen LogP contribution >= 0.6 is 0 Å². The van der Waals surface area contributed by atoms with Crippen LogP contribution in [0.5, 0.6) is 0 Å². The lowest BCUT2D eigenvalue weighted by atomic mass is 10.1. The van der Waals surface area contributed by atoms with Gasteiger partial charge in [-0.3, -0.25) is 0 Å². The van der Waals surface area contributed by atoms with Crippen LogP contribution in [0, 0.1) is 12.7 Å². The summed E-state index contributed by atoms with van der Waals surface area (Å²) in [5.74, 6) is -0.422. The van der Waals surface area contributed by atoms with Crippen LogP contribution in [0.15, 0.2) is 40.8 Å². The summed E-state index contributed by atoms with van der Waals surface area (Å²) in [5, 5.41) is 8.50. The first-order valence-corrected chi connectivity index (χ1v) is 5.34. The Morgan fingerprint density at radius 1 is 1.33 bits per heavy atom. The average Bonchev–Trinajstić information content (AvgIpc) is 2.78. The van der Waals surface area contributed by atoms with Crippen LogP contribution in [0.3, 0.4) is 0 Å². The fourth-order valence-corrected chi connectivity index (χ4v) is 1.61. The minimum absolute atomic E-state index is 0.300. The molecule has 1 N–H and O–H groups in total. The van der Waals surface area contributed by atoms with Crippen molar-refractivity contribution in [3.63, 3.8) is 0 Å². The SMILES string of the molecule is Cc1c(F)cccc1-c1ccc(C=CC(=O)O)o1. The van der Waals surface area contributed by atoms with E-state index >= 15 is 0 Å². The number of halogens is 1. The van der Waals surface area contributed by atoms with Crippen LogP contribution in [0.1, 0.15) is 11.3 Å². The van der Waals surface area contributed by atoms with Crippen LogP contribution in [0.2, 0.25) is 0 Å². The predicted molar refractivity (Wildman–Crippen MR) is 65.5 cm³/mol. The fourth-order valence-electron chi connectivity index (χ4n) is 1.61. The number of furan rings is 1. The number of carbonyl (C=O) groups is 1. The number of hydrogen-bond donors (Lipinski definition) is 1. The molecule has 3 nitrogen and oxygen atoms in total. The third kappa shape index (κ3) is 2.48. The Labute approximate surface area is 103 Å². The predicted octanol–water partition coefficient (Wildman–Crippen LogP) is 3.49. The van der Waals surface area contributed by atoms with Gasteiger partial charge >= 0.3 is 5.97 Å². The van der Waals surface area contributed by atoms with Crippen LogP contribution in [-0.4, -0.2) is 11.1 Å². The average molecular weight is 246 g/mol. The zero-order valence-corrected chi connectivity index (χ0v) is 9.68. The molecule has 0 unspecified atom stereocenters. The maximum atomic E-state index is 13.4. The Morgan fingerprint density at radius 2 is 2.11 bits per heavy atom. The summed E-state index contributed by atoms with van der Waals surface area (Å²) in [4.78, 5) is 10.4. The van der Waals surface area contributed by atoms with Gasteiger partial charge in [0.05, 0.1) is 0 Å². The minimum atomic E-state index is -1.05.